The summed E-state index contributed by atoms with van der Waals surface area (Å²) in [4.78, 5) is 15.6. The number of hydrogen-bond donors (Lipinski definition) is 1. The number of nitrogens with zero attached hydrogens (tertiary/aromatic N) is 3. The zero-order chi connectivity index (χ0) is 13.0. The zero-order valence-electron chi connectivity index (χ0n) is 10.2. The van der Waals surface area contributed by atoms with E-state index in [9.17, 15) is 4.79 Å². The smallest absolute Gasteiger partial charge is 0.221 e. The quantitative estimate of drug-likeness (QED) is 0.883. The van der Waals surface area contributed by atoms with Gasteiger partial charge in [-0.25, -0.2) is 4.98 Å². The lowest BCUT2D eigenvalue weighted by atomic mass is 10.2. The van der Waals surface area contributed by atoms with Crippen LogP contribution in [0.2, 0.25) is 0 Å². The molecule has 2 rings (SSSR count). The summed E-state index contributed by atoms with van der Waals surface area (Å²) in [6, 6.07) is 7.86. The SMILES string of the molecule is Cn1cnc2cc(CNC(=O)CCC#N)ccc21. The highest BCUT2D eigenvalue weighted by atomic mass is 16.1. The van der Waals surface area contributed by atoms with Crippen molar-refractivity contribution < 1.29 is 4.79 Å². The molecule has 2 aromatic rings. The van der Waals surface area contributed by atoms with Gasteiger partial charge in [0.25, 0.3) is 0 Å². The predicted octanol–water partition coefficient (Wildman–Crippen LogP) is 1.49. The molecule has 1 aromatic carbocycles. The fraction of sp³-hybridized carbons (Fsp3) is 0.308. The largest absolute Gasteiger partial charge is 0.352 e. The fourth-order valence-electron chi connectivity index (χ4n) is 1.75. The molecule has 0 aliphatic heterocycles. The summed E-state index contributed by atoms with van der Waals surface area (Å²) in [6.07, 6.45) is 2.27. The maximum atomic E-state index is 11.4. The molecule has 18 heavy (non-hydrogen) atoms. The van der Waals surface area contributed by atoms with Gasteiger partial charge in [-0.05, 0) is 17.7 Å². The first-order chi connectivity index (χ1) is 8.70. The summed E-state index contributed by atoms with van der Waals surface area (Å²) < 4.78 is 1.95. The number of aromatic nitrogens is 2. The van der Waals surface area contributed by atoms with Crippen LogP contribution in [0.1, 0.15) is 18.4 Å². The minimum Gasteiger partial charge on any atom is -0.352 e. The van der Waals surface area contributed by atoms with Crippen molar-refractivity contribution in [1.82, 2.24) is 14.9 Å². The Morgan fingerprint density at radius 1 is 1.56 bits per heavy atom. The second-order valence-corrected chi connectivity index (χ2v) is 4.11. The van der Waals surface area contributed by atoms with Crippen LogP contribution in [0.3, 0.4) is 0 Å². The first-order valence-electron chi connectivity index (χ1n) is 5.74. The molecule has 0 unspecified atom stereocenters. The number of rotatable bonds is 4. The zero-order valence-corrected chi connectivity index (χ0v) is 10.2. The van der Waals surface area contributed by atoms with Crippen LogP contribution in [0, 0.1) is 11.3 Å². The van der Waals surface area contributed by atoms with Gasteiger partial charge in [-0.3, -0.25) is 4.79 Å². The topological polar surface area (TPSA) is 70.7 Å². The second-order valence-electron chi connectivity index (χ2n) is 4.11. The van der Waals surface area contributed by atoms with Gasteiger partial charge in [-0.15, -0.1) is 0 Å². The van der Waals surface area contributed by atoms with E-state index in [0.717, 1.165) is 16.6 Å². The molecule has 1 aromatic heterocycles. The third kappa shape index (κ3) is 2.66. The Morgan fingerprint density at radius 2 is 2.39 bits per heavy atom. The number of aryl methyl sites for hydroxylation is 1. The molecule has 92 valence electrons. The van der Waals surface area contributed by atoms with Crippen molar-refractivity contribution >= 4 is 16.9 Å². The van der Waals surface area contributed by atoms with Crippen LogP contribution in [0.5, 0.6) is 0 Å². The van der Waals surface area contributed by atoms with Crippen molar-refractivity contribution in [3.63, 3.8) is 0 Å². The molecule has 0 saturated carbocycles. The number of nitriles is 1. The molecule has 0 fully saturated rings. The Bertz CT molecular complexity index is 609. The number of nitrogens with one attached hydrogen (secondary N) is 1. The first-order valence-corrected chi connectivity index (χ1v) is 5.74. The average Bonchev–Trinajstić information content (AvgIpc) is 2.75. The van der Waals surface area contributed by atoms with Gasteiger partial charge in [0.1, 0.15) is 0 Å². The lowest BCUT2D eigenvalue weighted by Gasteiger charge is -2.04. The van der Waals surface area contributed by atoms with Crippen LogP contribution in [-0.2, 0) is 18.4 Å². The summed E-state index contributed by atoms with van der Waals surface area (Å²) >= 11 is 0. The first kappa shape index (κ1) is 12.1. The Hall–Kier alpha value is -2.35. The lowest BCUT2D eigenvalue weighted by molar-refractivity contribution is -0.121. The van der Waals surface area contributed by atoms with E-state index in [1.165, 1.54) is 0 Å². The summed E-state index contributed by atoms with van der Waals surface area (Å²) in [5.74, 6) is -0.0994. The highest BCUT2D eigenvalue weighted by Gasteiger charge is 2.03. The van der Waals surface area contributed by atoms with E-state index in [4.69, 9.17) is 5.26 Å². The number of benzene rings is 1. The average molecular weight is 242 g/mol. The highest BCUT2D eigenvalue weighted by molar-refractivity contribution is 5.77. The molecule has 1 heterocycles. The third-order valence-electron chi connectivity index (χ3n) is 2.74. The molecule has 0 bridgehead atoms. The minimum absolute atomic E-state index is 0.0994. The van der Waals surface area contributed by atoms with Gasteiger partial charge in [0.05, 0.1) is 23.4 Å². The Balaban J connectivity index is 2.00. The molecule has 5 heteroatoms. The maximum absolute atomic E-state index is 11.4. The third-order valence-corrected chi connectivity index (χ3v) is 2.74. The van der Waals surface area contributed by atoms with Crippen molar-refractivity contribution in [2.24, 2.45) is 7.05 Å². The molecule has 0 aliphatic rings. The standard InChI is InChI=1S/C13H14N4O/c1-17-9-16-11-7-10(4-5-12(11)17)8-15-13(18)3-2-6-14/h4-5,7,9H,2-3,8H2,1H3,(H,15,18). The van der Waals surface area contributed by atoms with Gasteiger partial charge >= 0.3 is 0 Å². The van der Waals surface area contributed by atoms with Crippen LogP contribution >= 0.6 is 0 Å². The van der Waals surface area contributed by atoms with Gasteiger partial charge in [-0.2, -0.15) is 5.26 Å². The molecule has 5 nitrogen and oxygen atoms in total. The molecule has 0 atom stereocenters. The van der Waals surface area contributed by atoms with Crippen LogP contribution in [0.4, 0.5) is 0 Å². The van der Waals surface area contributed by atoms with E-state index in [1.54, 1.807) is 6.33 Å². The van der Waals surface area contributed by atoms with Crippen LogP contribution in [0.15, 0.2) is 24.5 Å². The van der Waals surface area contributed by atoms with Crippen LogP contribution < -0.4 is 5.32 Å². The van der Waals surface area contributed by atoms with Crippen LogP contribution in [-0.4, -0.2) is 15.5 Å². The highest BCUT2D eigenvalue weighted by Crippen LogP contribution is 2.13. The summed E-state index contributed by atoms with van der Waals surface area (Å²) in [7, 11) is 1.94. The van der Waals surface area contributed by atoms with Gasteiger partial charge in [0.15, 0.2) is 0 Å². The van der Waals surface area contributed by atoms with Gasteiger partial charge in [0.2, 0.25) is 5.91 Å². The molecule has 0 aliphatic carbocycles. The van der Waals surface area contributed by atoms with E-state index in [2.05, 4.69) is 10.3 Å². The summed E-state index contributed by atoms with van der Waals surface area (Å²) in [5, 5.41) is 11.2. The molecule has 0 saturated heterocycles. The van der Waals surface area contributed by atoms with E-state index < -0.39 is 0 Å². The Labute approximate surface area is 105 Å². The van der Waals surface area contributed by atoms with E-state index in [-0.39, 0.29) is 18.7 Å². The monoisotopic (exact) mass is 242 g/mol. The lowest BCUT2D eigenvalue weighted by Crippen LogP contribution is -2.22. The van der Waals surface area contributed by atoms with E-state index >= 15 is 0 Å². The predicted molar refractivity (Wildman–Crippen MR) is 67.4 cm³/mol. The number of fused-ring (bicyclic) bond motifs is 1. The summed E-state index contributed by atoms with van der Waals surface area (Å²) in [6.45, 7) is 0.469. The fourth-order valence-corrected chi connectivity index (χ4v) is 1.75. The molecular formula is C13H14N4O. The second kappa shape index (κ2) is 5.32. The van der Waals surface area contributed by atoms with Crippen molar-refractivity contribution in [1.29, 1.82) is 5.26 Å². The summed E-state index contributed by atoms with van der Waals surface area (Å²) in [5.41, 5.74) is 2.99. The van der Waals surface area contributed by atoms with Crippen molar-refractivity contribution in [3.8, 4) is 6.07 Å². The Kier molecular flexibility index (Phi) is 3.58. The van der Waals surface area contributed by atoms with Crippen LogP contribution in [0.25, 0.3) is 11.0 Å². The molecule has 0 spiro atoms. The molecular weight excluding hydrogens is 228 g/mol. The Morgan fingerprint density at radius 3 is 3.17 bits per heavy atom. The van der Waals surface area contributed by atoms with Crippen molar-refractivity contribution in [2.45, 2.75) is 19.4 Å². The molecule has 1 N–H and O–H groups in total. The number of amides is 1. The van der Waals surface area contributed by atoms with E-state index in [1.807, 2.05) is 35.9 Å². The van der Waals surface area contributed by atoms with Gasteiger partial charge in [-0.1, -0.05) is 6.07 Å². The maximum Gasteiger partial charge on any atom is 0.221 e. The van der Waals surface area contributed by atoms with Crippen molar-refractivity contribution in [3.05, 3.63) is 30.1 Å². The van der Waals surface area contributed by atoms with Gasteiger partial charge < -0.3 is 9.88 Å². The molecule has 0 radical (unpaired) electrons. The van der Waals surface area contributed by atoms with Gasteiger partial charge in [0, 0.05) is 26.4 Å². The normalized spacial score (nSPS) is 10.2. The van der Waals surface area contributed by atoms with Crippen molar-refractivity contribution in [2.75, 3.05) is 0 Å². The minimum atomic E-state index is -0.0994. The number of imidazole rings is 1. The molecule has 1 amide bonds. The number of carbonyl (C=O) groups excluding carboxylic acids is 1. The number of carbonyl (C=O) groups is 1. The number of hydrogen-bond acceptors (Lipinski definition) is 3. The van der Waals surface area contributed by atoms with E-state index in [0.29, 0.717) is 6.54 Å².